The van der Waals surface area contributed by atoms with Gasteiger partial charge in [0.15, 0.2) is 0 Å². The molecule has 0 heterocycles. The molecule has 0 aliphatic heterocycles. The Kier molecular flexibility index (Phi) is 5.02. The number of carboxylic acids is 1. The van der Waals surface area contributed by atoms with Crippen molar-refractivity contribution < 1.29 is 14.7 Å². The SMILES string of the molecule is C=CCCNC(=O)C1CCCCC1C(=O)O. The van der Waals surface area contributed by atoms with Crippen molar-refractivity contribution in [2.75, 3.05) is 6.54 Å². The lowest BCUT2D eigenvalue weighted by atomic mass is 9.79. The zero-order valence-corrected chi connectivity index (χ0v) is 9.45. The van der Waals surface area contributed by atoms with Crippen LogP contribution in [0.5, 0.6) is 0 Å². The predicted octanol–water partition coefficient (Wildman–Crippen LogP) is 1.57. The van der Waals surface area contributed by atoms with Crippen LogP contribution in [0, 0.1) is 11.8 Å². The van der Waals surface area contributed by atoms with Crippen LogP contribution in [-0.4, -0.2) is 23.5 Å². The summed E-state index contributed by atoms with van der Waals surface area (Å²) in [6.45, 7) is 4.11. The van der Waals surface area contributed by atoms with Crippen LogP contribution in [0.25, 0.3) is 0 Å². The highest BCUT2D eigenvalue weighted by atomic mass is 16.4. The van der Waals surface area contributed by atoms with Crippen LogP contribution in [0.15, 0.2) is 12.7 Å². The number of hydrogen-bond acceptors (Lipinski definition) is 2. The van der Waals surface area contributed by atoms with E-state index in [9.17, 15) is 9.59 Å². The Labute approximate surface area is 95.7 Å². The van der Waals surface area contributed by atoms with Gasteiger partial charge in [0.1, 0.15) is 0 Å². The Bertz CT molecular complexity index is 275. The first-order chi connectivity index (χ1) is 7.66. The lowest BCUT2D eigenvalue weighted by molar-refractivity contribution is -0.148. The standard InChI is InChI=1S/C12H19NO3/c1-2-3-8-13-11(14)9-6-4-5-7-10(9)12(15)16/h2,9-10H,1,3-8H2,(H,13,14)(H,15,16). The molecule has 1 rings (SSSR count). The summed E-state index contributed by atoms with van der Waals surface area (Å²) in [4.78, 5) is 22.8. The third-order valence-electron chi connectivity index (χ3n) is 3.07. The Balaban J connectivity index is 2.50. The van der Waals surface area contributed by atoms with Crippen LogP contribution < -0.4 is 5.32 Å². The van der Waals surface area contributed by atoms with Crippen molar-refractivity contribution in [3.63, 3.8) is 0 Å². The first kappa shape index (κ1) is 12.7. The lowest BCUT2D eigenvalue weighted by Crippen LogP contribution is -2.40. The lowest BCUT2D eigenvalue weighted by Gasteiger charge is -2.27. The summed E-state index contributed by atoms with van der Waals surface area (Å²) in [5.41, 5.74) is 0. The summed E-state index contributed by atoms with van der Waals surface area (Å²) in [5.74, 6) is -1.81. The van der Waals surface area contributed by atoms with E-state index in [1.54, 1.807) is 6.08 Å². The summed E-state index contributed by atoms with van der Waals surface area (Å²) in [5, 5.41) is 11.8. The van der Waals surface area contributed by atoms with Crippen LogP contribution in [0.2, 0.25) is 0 Å². The van der Waals surface area contributed by atoms with E-state index in [0.29, 0.717) is 19.4 Å². The van der Waals surface area contributed by atoms with Crippen LogP contribution in [0.1, 0.15) is 32.1 Å². The molecule has 0 aromatic carbocycles. The van der Waals surface area contributed by atoms with Gasteiger partial charge in [-0.05, 0) is 19.3 Å². The van der Waals surface area contributed by atoms with Crippen molar-refractivity contribution in [3.05, 3.63) is 12.7 Å². The zero-order chi connectivity index (χ0) is 12.0. The monoisotopic (exact) mass is 225 g/mol. The number of rotatable bonds is 5. The molecule has 1 fully saturated rings. The molecule has 1 aliphatic carbocycles. The van der Waals surface area contributed by atoms with Gasteiger partial charge in [-0.1, -0.05) is 18.9 Å². The molecule has 1 aliphatic rings. The fourth-order valence-electron chi connectivity index (χ4n) is 2.17. The second-order valence-electron chi connectivity index (χ2n) is 4.20. The third kappa shape index (κ3) is 3.36. The Hall–Kier alpha value is -1.32. The van der Waals surface area contributed by atoms with Crippen molar-refractivity contribution in [1.29, 1.82) is 0 Å². The average Bonchev–Trinajstić information content (AvgIpc) is 2.29. The van der Waals surface area contributed by atoms with Gasteiger partial charge in [-0.3, -0.25) is 9.59 Å². The van der Waals surface area contributed by atoms with Crippen LogP contribution >= 0.6 is 0 Å². The molecule has 1 saturated carbocycles. The smallest absolute Gasteiger partial charge is 0.307 e. The number of aliphatic carboxylic acids is 1. The van der Waals surface area contributed by atoms with Gasteiger partial charge in [-0.15, -0.1) is 6.58 Å². The molecular weight excluding hydrogens is 206 g/mol. The van der Waals surface area contributed by atoms with Crippen molar-refractivity contribution in [2.45, 2.75) is 32.1 Å². The van der Waals surface area contributed by atoms with Gasteiger partial charge in [-0.2, -0.15) is 0 Å². The second kappa shape index (κ2) is 6.30. The molecular formula is C12H19NO3. The maximum Gasteiger partial charge on any atom is 0.307 e. The molecule has 0 aromatic heterocycles. The van der Waals surface area contributed by atoms with E-state index in [2.05, 4.69) is 11.9 Å². The van der Waals surface area contributed by atoms with E-state index in [1.807, 2.05) is 0 Å². The molecule has 2 atom stereocenters. The van der Waals surface area contributed by atoms with Crippen LogP contribution in [-0.2, 0) is 9.59 Å². The Morgan fingerprint density at radius 2 is 1.94 bits per heavy atom. The summed E-state index contributed by atoms with van der Waals surface area (Å²) in [6, 6.07) is 0. The molecule has 0 spiro atoms. The topological polar surface area (TPSA) is 66.4 Å². The van der Waals surface area contributed by atoms with Gasteiger partial charge in [0, 0.05) is 6.54 Å². The number of hydrogen-bond donors (Lipinski definition) is 2. The van der Waals surface area contributed by atoms with Gasteiger partial charge in [0.2, 0.25) is 5.91 Å². The van der Waals surface area contributed by atoms with Crippen LogP contribution in [0.4, 0.5) is 0 Å². The quantitative estimate of drug-likeness (QED) is 0.551. The van der Waals surface area contributed by atoms with Gasteiger partial charge in [0.25, 0.3) is 0 Å². The maximum absolute atomic E-state index is 11.8. The summed E-state index contributed by atoms with van der Waals surface area (Å²) >= 11 is 0. The molecule has 2 N–H and O–H groups in total. The fraction of sp³-hybridized carbons (Fsp3) is 0.667. The second-order valence-corrected chi connectivity index (χ2v) is 4.20. The zero-order valence-electron chi connectivity index (χ0n) is 9.45. The van der Waals surface area contributed by atoms with E-state index in [4.69, 9.17) is 5.11 Å². The van der Waals surface area contributed by atoms with Crippen molar-refractivity contribution in [2.24, 2.45) is 11.8 Å². The number of carbonyl (C=O) groups excluding carboxylic acids is 1. The van der Waals surface area contributed by atoms with Crippen molar-refractivity contribution >= 4 is 11.9 Å². The molecule has 90 valence electrons. The minimum absolute atomic E-state index is 0.117. The summed E-state index contributed by atoms with van der Waals surface area (Å²) in [6.07, 6.45) is 5.62. The Morgan fingerprint density at radius 1 is 1.31 bits per heavy atom. The first-order valence-corrected chi connectivity index (χ1v) is 5.78. The minimum Gasteiger partial charge on any atom is -0.481 e. The molecule has 0 bridgehead atoms. The molecule has 16 heavy (non-hydrogen) atoms. The largest absolute Gasteiger partial charge is 0.481 e. The average molecular weight is 225 g/mol. The highest BCUT2D eigenvalue weighted by molar-refractivity contribution is 5.84. The molecule has 0 aromatic rings. The molecule has 4 nitrogen and oxygen atoms in total. The van der Waals surface area contributed by atoms with Crippen LogP contribution in [0.3, 0.4) is 0 Å². The molecule has 1 amide bonds. The van der Waals surface area contributed by atoms with E-state index < -0.39 is 11.9 Å². The fourth-order valence-corrected chi connectivity index (χ4v) is 2.17. The maximum atomic E-state index is 11.8. The first-order valence-electron chi connectivity index (χ1n) is 5.78. The van der Waals surface area contributed by atoms with Gasteiger partial charge >= 0.3 is 5.97 Å². The number of amides is 1. The van der Waals surface area contributed by atoms with Crippen molar-refractivity contribution in [1.82, 2.24) is 5.32 Å². The van der Waals surface area contributed by atoms with Gasteiger partial charge in [0.05, 0.1) is 11.8 Å². The highest BCUT2D eigenvalue weighted by Crippen LogP contribution is 2.30. The van der Waals surface area contributed by atoms with E-state index in [1.165, 1.54) is 0 Å². The summed E-state index contributed by atoms with van der Waals surface area (Å²) in [7, 11) is 0. The highest BCUT2D eigenvalue weighted by Gasteiger charge is 2.35. The number of nitrogens with one attached hydrogen (secondary N) is 1. The van der Waals surface area contributed by atoms with Crippen molar-refractivity contribution in [3.8, 4) is 0 Å². The molecule has 4 heteroatoms. The summed E-state index contributed by atoms with van der Waals surface area (Å²) < 4.78 is 0. The molecule has 0 saturated heterocycles. The number of carboxylic acid groups (broad SMARTS) is 1. The number of carbonyl (C=O) groups is 2. The molecule has 2 unspecified atom stereocenters. The van der Waals surface area contributed by atoms with Gasteiger partial charge in [-0.25, -0.2) is 0 Å². The molecule has 0 radical (unpaired) electrons. The van der Waals surface area contributed by atoms with E-state index in [0.717, 1.165) is 19.3 Å². The predicted molar refractivity (Wildman–Crippen MR) is 60.9 cm³/mol. The van der Waals surface area contributed by atoms with E-state index >= 15 is 0 Å². The Morgan fingerprint density at radius 3 is 2.50 bits per heavy atom. The minimum atomic E-state index is -0.844. The normalized spacial score (nSPS) is 24.8. The van der Waals surface area contributed by atoms with E-state index in [-0.39, 0.29) is 11.8 Å². The van der Waals surface area contributed by atoms with Gasteiger partial charge < -0.3 is 10.4 Å². The third-order valence-corrected chi connectivity index (χ3v) is 3.07.